The summed E-state index contributed by atoms with van der Waals surface area (Å²) in [5.74, 6) is -0.679. The molecule has 0 aliphatic carbocycles. The van der Waals surface area contributed by atoms with Crippen LogP contribution in [0.15, 0.2) is 61.1 Å². The van der Waals surface area contributed by atoms with Gasteiger partial charge in [-0.15, -0.1) is 0 Å². The Morgan fingerprint density at radius 2 is 1.80 bits per heavy atom. The summed E-state index contributed by atoms with van der Waals surface area (Å²) in [5.41, 5.74) is 5.55. The van der Waals surface area contributed by atoms with Crippen molar-refractivity contribution >= 4 is 37.6 Å². The van der Waals surface area contributed by atoms with Crippen molar-refractivity contribution in [3.05, 3.63) is 78.3 Å². The molecule has 2 N–H and O–H groups in total. The van der Waals surface area contributed by atoms with Crippen molar-refractivity contribution in [2.75, 3.05) is 31.0 Å². The molecular weight excluding hydrogens is 548 g/mol. The van der Waals surface area contributed by atoms with Gasteiger partial charge in [-0.25, -0.2) is 27.2 Å². The van der Waals surface area contributed by atoms with E-state index in [1.165, 1.54) is 18.2 Å². The Morgan fingerprint density at radius 3 is 2.59 bits per heavy atom. The predicted molar refractivity (Wildman–Crippen MR) is 155 cm³/mol. The van der Waals surface area contributed by atoms with Crippen LogP contribution in [-0.2, 0) is 16.3 Å². The summed E-state index contributed by atoms with van der Waals surface area (Å²) in [6, 6.07) is 11.4. The summed E-state index contributed by atoms with van der Waals surface area (Å²) in [5, 5.41) is 7.60. The molecule has 0 aliphatic rings. The van der Waals surface area contributed by atoms with Gasteiger partial charge in [-0.2, -0.15) is 5.10 Å². The second-order valence-electron chi connectivity index (χ2n) is 10.1. The van der Waals surface area contributed by atoms with Crippen LogP contribution >= 0.6 is 0 Å². The van der Waals surface area contributed by atoms with E-state index in [-0.39, 0.29) is 17.7 Å². The lowest BCUT2D eigenvalue weighted by molar-refractivity contribution is 0.600. The number of imidazole rings is 1. The fourth-order valence-corrected chi connectivity index (χ4v) is 5.38. The molecule has 6 rings (SSSR count). The third-order valence-corrected chi connectivity index (χ3v) is 7.79. The van der Waals surface area contributed by atoms with E-state index in [0.29, 0.717) is 50.3 Å². The lowest BCUT2D eigenvalue weighted by atomic mass is 10.0. The van der Waals surface area contributed by atoms with Gasteiger partial charge >= 0.3 is 0 Å². The van der Waals surface area contributed by atoms with Crippen molar-refractivity contribution in [2.45, 2.75) is 6.42 Å². The molecule has 0 bridgehead atoms. The fraction of sp³-hybridized carbons (Fsp3) is 0.172. The quantitative estimate of drug-likeness (QED) is 0.271. The molecule has 41 heavy (non-hydrogen) atoms. The van der Waals surface area contributed by atoms with E-state index in [2.05, 4.69) is 30.1 Å². The Hall–Kier alpha value is -4.71. The highest BCUT2D eigenvalue weighted by Crippen LogP contribution is 2.34. The highest BCUT2D eigenvalue weighted by molar-refractivity contribution is 7.90. The molecule has 2 aromatic carbocycles. The van der Waals surface area contributed by atoms with Gasteiger partial charge in [0, 0.05) is 49.3 Å². The smallest absolute Gasteiger partial charge is 0.178 e. The Bertz CT molecular complexity index is 2050. The van der Waals surface area contributed by atoms with Crippen molar-refractivity contribution in [1.29, 1.82) is 0 Å². The van der Waals surface area contributed by atoms with Crippen LogP contribution in [0.4, 0.5) is 14.5 Å². The summed E-state index contributed by atoms with van der Waals surface area (Å²) in [6.07, 6.45) is 6.31. The van der Waals surface area contributed by atoms with Gasteiger partial charge in [0.15, 0.2) is 17.3 Å². The Kier molecular flexibility index (Phi) is 6.49. The second kappa shape index (κ2) is 10.0. The van der Waals surface area contributed by atoms with Crippen molar-refractivity contribution in [3.8, 4) is 33.8 Å². The molecule has 0 spiro atoms. The zero-order valence-corrected chi connectivity index (χ0v) is 23.2. The monoisotopic (exact) mass is 573 g/mol. The molecule has 4 aromatic heterocycles. The number of hydrogen-bond acceptors (Lipinski definition) is 7. The standard InChI is InChI=1S/C29H25F2N7O2S/c1-38(2)21-11-19(14-32-15-21)17-12-23-25(24(31)13-17)36-37-27(23)29-34-26-22(4-6-33-28(26)35-29)18-8-16(9-20(30)10-18)5-7-41(3,39)40/h4,6,8-15H,5,7H2,1-3H3,(H,36,37)(H,33,34,35). The molecule has 6 aromatic rings. The first kappa shape index (κ1) is 26.5. The van der Waals surface area contributed by atoms with E-state index in [4.69, 9.17) is 0 Å². The number of nitrogens with one attached hydrogen (secondary N) is 2. The third kappa shape index (κ3) is 5.25. The van der Waals surface area contributed by atoms with Crippen LogP contribution in [-0.4, -0.2) is 64.7 Å². The van der Waals surface area contributed by atoms with E-state index in [1.807, 2.05) is 31.1 Å². The van der Waals surface area contributed by atoms with Gasteiger partial charge < -0.3 is 9.88 Å². The van der Waals surface area contributed by atoms with Crippen LogP contribution in [0.3, 0.4) is 0 Å². The number of rotatable bonds is 7. The molecule has 0 fully saturated rings. The first-order chi connectivity index (χ1) is 19.6. The van der Waals surface area contributed by atoms with Crippen molar-refractivity contribution in [1.82, 2.24) is 30.1 Å². The minimum atomic E-state index is -3.21. The predicted octanol–water partition coefficient (Wildman–Crippen LogP) is 5.16. The van der Waals surface area contributed by atoms with Crippen molar-refractivity contribution in [2.24, 2.45) is 0 Å². The number of nitrogens with zero attached hydrogens (tertiary/aromatic N) is 5. The molecule has 0 amide bonds. The number of aryl methyl sites for hydroxylation is 1. The van der Waals surface area contributed by atoms with Crippen LogP contribution in [0.5, 0.6) is 0 Å². The number of fused-ring (bicyclic) bond motifs is 2. The Morgan fingerprint density at radius 1 is 0.976 bits per heavy atom. The van der Waals surface area contributed by atoms with Gasteiger partial charge in [0.25, 0.3) is 0 Å². The normalized spacial score (nSPS) is 11.9. The molecule has 9 nitrogen and oxygen atoms in total. The van der Waals surface area contributed by atoms with Gasteiger partial charge in [-0.1, -0.05) is 6.07 Å². The average molecular weight is 574 g/mol. The summed E-state index contributed by atoms with van der Waals surface area (Å²) < 4.78 is 53.0. The number of anilines is 1. The first-order valence-electron chi connectivity index (χ1n) is 12.7. The van der Waals surface area contributed by atoms with E-state index in [1.54, 1.807) is 30.7 Å². The molecule has 0 atom stereocenters. The zero-order valence-electron chi connectivity index (χ0n) is 22.4. The largest absolute Gasteiger partial charge is 0.376 e. The number of sulfone groups is 1. The lowest BCUT2D eigenvalue weighted by Crippen LogP contribution is -2.08. The van der Waals surface area contributed by atoms with Crippen LogP contribution in [0, 0.1) is 11.6 Å². The summed E-state index contributed by atoms with van der Waals surface area (Å²) >= 11 is 0. The molecule has 0 saturated heterocycles. The molecule has 208 valence electrons. The molecule has 4 heterocycles. The maximum Gasteiger partial charge on any atom is 0.178 e. The van der Waals surface area contributed by atoms with Crippen LogP contribution in [0.25, 0.3) is 55.8 Å². The van der Waals surface area contributed by atoms with Gasteiger partial charge in [-0.05, 0) is 59.5 Å². The Labute approximate surface area is 234 Å². The van der Waals surface area contributed by atoms with Gasteiger partial charge in [-0.3, -0.25) is 10.1 Å². The van der Waals surface area contributed by atoms with Crippen LogP contribution < -0.4 is 4.90 Å². The van der Waals surface area contributed by atoms with E-state index in [9.17, 15) is 12.8 Å². The van der Waals surface area contributed by atoms with Gasteiger partial charge in [0.1, 0.15) is 26.9 Å². The number of benzene rings is 2. The fourth-order valence-electron chi connectivity index (χ4n) is 4.78. The molecule has 0 aliphatic heterocycles. The number of pyridine rings is 2. The maximum absolute atomic E-state index is 15.2. The van der Waals surface area contributed by atoms with Crippen molar-refractivity contribution in [3.63, 3.8) is 0 Å². The third-order valence-electron chi connectivity index (χ3n) is 6.84. The summed E-state index contributed by atoms with van der Waals surface area (Å²) in [6.45, 7) is 0. The average Bonchev–Trinajstić information content (AvgIpc) is 3.56. The molecule has 0 radical (unpaired) electrons. The van der Waals surface area contributed by atoms with Crippen LogP contribution in [0.2, 0.25) is 0 Å². The molecule has 12 heteroatoms. The maximum atomic E-state index is 15.2. The minimum absolute atomic E-state index is 0.0865. The molecule has 0 saturated carbocycles. The first-order valence-corrected chi connectivity index (χ1v) is 14.7. The zero-order chi connectivity index (χ0) is 28.9. The highest BCUT2D eigenvalue weighted by atomic mass is 32.2. The summed E-state index contributed by atoms with van der Waals surface area (Å²) in [4.78, 5) is 18.4. The minimum Gasteiger partial charge on any atom is -0.376 e. The molecule has 0 unspecified atom stereocenters. The Balaban J connectivity index is 1.44. The van der Waals surface area contributed by atoms with Gasteiger partial charge in [0.05, 0.1) is 23.2 Å². The number of H-pyrrole nitrogens is 2. The van der Waals surface area contributed by atoms with Crippen LogP contribution in [0.1, 0.15) is 5.56 Å². The SMILES string of the molecule is CN(C)c1cncc(-c2cc(F)c3n[nH]c(-c4nc5nccc(-c6cc(F)cc(CCS(C)(=O)=O)c6)c5[nH]4)c3c2)c1. The van der Waals surface area contributed by atoms with E-state index < -0.39 is 21.5 Å². The van der Waals surface area contributed by atoms with E-state index >= 15 is 4.39 Å². The van der Waals surface area contributed by atoms with Crippen molar-refractivity contribution < 1.29 is 17.2 Å². The number of hydrogen-bond donors (Lipinski definition) is 2. The lowest BCUT2D eigenvalue weighted by Gasteiger charge is -2.13. The summed E-state index contributed by atoms with van der Waals surface area (Å²) in [7, 11) is 0.604. The number of aromatic nitrogens is 6. The number of aromatic amines is 2. The highest BCUT2D eigenvalue weighted by Gasteiger charge is 2.19. The number of halogens is 2. The topological polar surface area (TPSA) is 121 Å². The van der Waals surface area contributed by atoms with E-state index in [0.717, 1.165) is 17.5 Å². The molecular formula is C29H25F2N7O2S. The second-order valence-corrected chi connectivity index (χ2v) is 12.4. The van der Waals surface area contributed by atoms with Gasteiger partial charge in [0.2, 0.25) is 0 Å².